The minimum absolute atomic E-state index is 0.255. The van der Waals surface area contributed by atoms with Crippen LogP contribution in [0.25, 0.3) is 0 Å². The maximum atomic E-state index is 5.90. The van der Waals surface area contributed by atoms with Crippen molar-refractivity contribution in [3.8, 4) is 0 Å². The molecule has 4 nitrogen and oxygen atoms in total. The van der Waals surface area contributed by atoms with Gasteiger partial charge in [-0.2, -0.15) is 0 Å². The minimum Gasteiger partial charge on any atom is -0.396 e. The van der Waals surface area contributed by atoms with Crippen molar-refractivity contribution in [3.05, 3.63) is 18.3 Å². The van der Waals surface area contributed by atoms with Crippen LogP contribution >= 0.6 is 0 Å². The van der Waals surface area contributed by atoms with E-state index in [9.17, 15) is 0 Å². The van der Waals surface area contributed by atoms with Crippen LogP contribution in [0.15, 0.2) is 18.3 Å². The molecular formula is C10H16N4. The maximum absolute atomic E-state index is 5.90. The van der Waals surface area contributed by atoms with Gasteiger partial charge in [-0.15, -0.1) is 0 Å². The van der Waals surface area contributed by atoms with Crippen molar-refractivity contribution in [1.29, 1.82) is 0 Å². The van der Waals surface area contributed by atoms with Crippen molar-refractivity contribution in [1.82, 2.24) is 4.98 Å². The van der Waals surface area contributed by atoms with Gasteiger partial charge in [-0.25, -0.2) is 4.98 Å². The zero-order chi connectivity index (χ0) is 9.97. The molecule has 14 heavy (non-hydrogen) atoms. The molecule has 2 rings (SSSR count). The van der Waals surface area contributed by atoms with Crippen LogP contribution in [0.2, 0.25) is 0 Å². The third-order valence-corrected chi connectivity index (χ3v) is 2.57. The second-order valence-corrected chi connectivity index (χ2v) is 3.76. The lowest BCUT2D eigenvalue weighted by atomic mass is 10.1. The lowest BCUT2D eigenvalue weighted by Crippen LogP contribution is -2.43. The molecule has 0 spiro atoms. The summed E-state index contributed by atoms with van der Waals surface area (Å²) in [4.78, 5) is 6.45. The SMILES string of the molecule is Nc1cccnc1N1CCC[C@@H](N)C1. The van der Waals surface area contributed by atoms with Crippen molar-refractivity contribution in [2.24, 2.45) is 5.73 Å². The summed E-state index contributed by atoms with van der Waals surface area (Å²) in [6.07, 6.45) is 3.99. The van der Waals surface area contributed by atoms with Crippen LogP contribution in [-0.2, 0) is 0 Å². The van der Waals surface area contributed by atoms with Gasteiger partial charge < -0.3 is 16.4 Å². The molecule has 1 aromatic heterocycles. The summed E-state index contributed by atoms with van der Waals surface area (Å²) >= 11 is 0. The van der Waals surface area contributed by atoms with Gasteiger partial charge >= 0.3 is 0 Å². The lowest BCUT2D eigenvalue weighted by molar-refractivity contribution is 0.503. The quantitative estimate of drug-likeness (QED) is 0.683. The van der Waals surface area contributed by atoms with E-state index in [-0.39, 0.29) is 6.04 Å². The highest BCUT2D eigenvalue weighted by molar-refractivity contribution is 5.62. The zero-order valence-corrected chi connectivity index (χ0v) is 8.19. The Bertz CT molecular complexity index is 313. The summed E-state index contributed by atoms with van der Waals surface area (Å²) in [6, 6.07) is 3.98. The Morgan fingerprint density at radius 3 is 3.07 bits per heavy atom. The summed E-state index contributed by atoms with van der Waals surface area (Å²) in [5, 5.41) is 0. The Morgan fingerprint density at radius 2 is 2.36 bits per heavy atom. The van der Waals surface area contributed by atoms with E-state index >= 15 is 0 Å². The van der Waals surface area contributed by atoms with Gasteiger partial charge in [0.1, 0.15) is 0 Å². The van der Waals surface area contributed by atoms with E-state index in [1.54, 1.807) is 6.20 Å². The molecule has 4 N–H and O–H groups in total. The van der Waals surface area contributed by atoms with Crippen LogP contribution < -0.4 is 16.4 Å². The van der Waals surface area contributed by atoms with Gasteiger partial charge in [0.25, 0.3) is 0 Å². The first-order chi connectivity index (χ1) is 6.77. The molecule has 1 aromatic rings. The minimum atomic E-state index is 0.255. The Hall–Kier alpha value is -1.29. The number of piperidine rings is 1. The first-order valence-corrected chi connectivity index (χ1v) is 4.98. The summed E-state index contributed by atoms with van der Waals surface area (Å²) in [5.41, 5.74) is 12.5. The predicted octanol–water partition coefficient (Wildman–Crippen LogP) is 0.591. The third-order valence-electron chi connectivity index (χ3n) is 2.57. The zero-order valence-electron chi connectivity index (χ0n) is 8.19. The fraction of sp³-hybridized carbons (Fsp3) is 0.500. The Labute approximate surface area is 83.9 Å². The fourth-order valence-electron chi connectivity index (χ4n) is 1.88. The molecule has 76 valence electrons. The van der Waals surface area contributed by atoms with Crippen LogP contribution in [-0.4, -0.2) is 24.1 Å². The standard InChI is InChI=1S/C10H16N4/c11-8-3-2-6-14(7-8)10-9(12)4-1-5-13-10/h1,4-5,8H,2-3,6-7,11-12H2/t8-/m1/s1. The highest BCUT2D eigenvalue weighted by atomic mass is 15.2. The molecule has 2 heterocycles. The van der Waals surface area contributed by atoms with Crippen LogP contribution in [0.4, 0.5) is 11.5 Å². The van der Waals surface area contributed by atoms with E-state index in [0.717, 1.165) is 37.4 Å². The molecule has 1 aliphatic heterocycles. The van der Waals surface area contributed by atoms with Crippen molar-refractivity contribution < 1.29 is 0 Å². The van der Waals surface area contributed by atoms with Crippen molar-refractivity contribution >= 4 is 11.5 Å². The smallest absolute Gasteiger partial charge is 0.151 e. The second-order valence-electron chi connectivity index (χ2n) is 3.76. The highest BCUT2D eigenvalue weighted by Gasteiger charge is 2.18. The monoisotopic (exact) mass is 192 g/mol. The summed E-state index contributed by atoms with van der Waals surface area (Å²) in [6.45, 7) is 1.87. The second kappa shape index (κ2) is 3.84. The van der Waals surface area contributed by atoms with Crippen LogP contribution in [0, 0.1) is 0 Å². The van der Waals surface area contributed by atoms with Crippen molar-refractivity contribution in [2.75, 3.05) is 23.7 Å². The Balaban J connectivity index is 2.18. The van der Waals surface area contributed by atoms with Gasteiger partial charge in [0, 0.05) is 25.3 Å². The van der Waals surface area contributed by atoms with E-state index in [2.05, 4.69) is 9.88 Å². The number of anilines is 2. The van der Waals surface area contributed by atoms with Crippen molar-refractivity contribution in [3.63, 3.8) is 0 Å². The molecular weight excluding hydrogens is 176 g/mol. The normalized spacial score (nSPS) is 22.4. The number of nitrogens with two attached hydrogens (primary N) is 2. The van der Waals surface area contributed by atoms with Gasteiger partial charge in [0.15, 0.2) is 5.82 Å². The molecule has 0 bridgehead atoms. The lowest BCUT2D eigenvalue weighted by Gasteiger charge is -2.32. The number of aromatic nitrogens is 1. The molecule has 0 saturated carbocycles. The molecule has 0 amide bonds. The number of nitrogens with zero attached hydrogens (tertiary/aromatic N) is 2. The van der Waals surface area contributed by atoms with Gasteiger partial charge in [-0.3, -0.25) is 0 Å². The molecule has 1 aliphatic rings. The number of rotatable bonds is 1. The topological polar surface area (TPSA) is 68.2 Å². The van der Waals surface area contributed by atoms with Crippen LogP contribution in [0.5, 0.6) is 0 Å². The molecule has 4 heteroatoms. The molecule has 0 radical (unpaired) electrons. The number of hydrogen-bond donors (Lipinski definition) is 2. The van der Waals surface area contributed by atoms with Crippen LogP contribution in [0.1, 0.15) is 12.8 Å². The first kappa shape index (κ1) is 9.27. The van der Waals surface area contributed by atoms with E-state index in [1.807, 2.05) is 12.1 Å². The van der Waals surface area contributed by atoms with Gasteiger partial charge in [-0.1, -0.05) is 0 Å². The molecule has 0 aromatic carbocycles. The fourth-order valence-corrected chi connectivity index (χ4v) is 1.88. The predicted molar refractivity (Wildman–Crippen MR) is 58.1 cm³/mol. The summed E-state index contributed by atoms with van der Waals surface area (Å²) in [7, 11) is 0. The number of nitrogen functional groups attached to an aromatic ring is 1. The van der Waals surface area contributed by atoms with Crippen LogP contribution in [0.3, 0.4) is 0 Å². The first-order valence-electron chi connectivity index (χ1n) is 4.98. The van der Waals surface area contributed by atoms with Gasteiger partial charge in [-0.05, 0) is 25.0 Å². The molecule has 0 aliphatic carbocycles. The Kier molecular flexibility index (Phi) is 2.54. The van der Waals surface area contributed by atoms with Gasteiger partial charge in [0.2, 0.25) is 0 Å². The summed E-state index contributed by atoms with van der Waals surface area (Å²) in [5.74, 6) is 0.877. The molecule has 0 unspecified atom stereocenters. The largest absolute Gasteiger partial charge is 0.396 e. The Morgan fingerprint density at radius 1 is 1.50 bits per heavy atom. The third kappa shape index (κ3) is 1.80. The van der Waals surface area contributed by atoms with Gasteiger partial charge in [0.05, 0.1) is 5.69 Å². The number of pyridine rings is 1. The average Bonchev–Trinajstić information content (AvgIpc) is 2.18. The average molecular weight is 192 g/mol. The summed E-state index contributed by atoms with van der Waals surface area (Å²) < 4.78 is 0. The maximum Gasteiger partial charge on any atom is 0.151 e. The molecule has 1 fully saturated rings. The van der Waals surface area contributed by atoms with E-state index in [4.69, 9.17) is 11.5 Å². The van der Waals surface area contributed by atoms with E-state index < -0.39 is 0 Å². The number of hydrogen-bond acceptors (Lipinski definition) is 4. The molecule has 1 saturated heterocycles. The molecule has 1 atom stereocenters. The highest BCUT2D eigenvalue weighted by Crippen LogP contribution is 2.22. The van der Waals surface area contributed by atoms with E-state index in [0.29, 0.717) is 0 Å². The van der Waals surface area contributed by atoms with E-state index in [1.165, 1.54) is 0 Å². The van der Waals surface area contributed by atoms with Crippen molar-refractivity contribution in [2.45, 2.75) is 18.9 Å².